The molecular weight excluding hydrogens is 312 g/mol. The van der Waals surface area contributed by atoms with Crippen LogP contribution in [0.1, 0.15) is 46.5 Å². The highest BCUT2D eigenvalue weighted by atomic mass is 15.4. The van der Waals surface area contributed by atoms with Gasteiger partial charge < -0.3 is 4.90 Å². The average molecular weight is 340 g/mol. The third kappa shape index (κ3) is 3.02. The molecular formula is C19H28N6. The van der Waals surface area contributed by atoms with Gasteiger partial charge in [0.2, 0.25) is 11.8 Å². The lowest BCUT2D eigenvalue weighted by atomic mass is 9.80. The van der Waals surface area contributed by atoms with Crippen molar-refractivity contribution >= 4 is 5.95 Å². The molecule has 0 bridgehead atoms. The van der Waals surface area contributed by atoms with Gasteiger partial charge in [-0.2, -0.15) is 0 Å². The molecule has 2 aromatic heterocycles. The van der Waals surface area contributed by atoms with Crippen molar-refractivity contribution < 1.29 is 0 Å². The first-order valence-electron chi connectivity index (χ1n) is 9.62. The van der Waals surface area contributed by atoms with Crippen LogP contribution in [-0.2, 0) is 6.54 Å². The van der Waals surface area contributed by atoms with Gasteiger partial charge in [-0.15, -0.1) is 10.2 Å². The first-order valence-corrected chi connectivity index (χ1v) is 9.62. The van der Waals surface area contributed by atoms with E-state index in [1.165, 1.54) is 25.7 Å². The second-order valence-electron chi connectivity index (χ2n) is 8.05. The van der Waals surface area contributed by atoms with Crippen LogP contribution in [0.5, 0.6) is 0 Å². The minimum Gasteiger partial charge on any atom is -0.337 e. The first-order chi connectivity index (χ1) is 12.1. The number of nitrogens with zero attached hydrogens (tertiary/aromatic N) is 6. The maximum absolute atomic E-state index is 4.61. The van der Waals surface area contributed by atoms with Crippen molar-refractivity contribution in [2.24, 2.45) is 17.8 Å². The highest BCUT2D eigenvalue weighted by molar-refractivity contribution is 5.49. The van der Waals surface area contributed by atoms with Crippen LogP contribution in [0.4, 0.5) is 5.95 Å². The summed E-state index contributed by atoms with van der Waals surface area (Å²) in [6.45, 7) is 8.83. The molecule has 2 aromatic rings. The Morgan fingerprint density at radius 2 is 1.88 bits per heavy atom. The van der Waals surface area contributed by atoms with Crippen molar-refractivity contribution in [3.05, 3.63) is 18.5 Å². The summed E-state index contributed by atoms with van der Waals surface area (Å²) in [6.07, 6.45) is 8.88. The molecule has 1 aliphatic heterocycles. The van der Waals surface area contributed by atoms with Gasteiger partial charge in [0.05, 0.1) is 0 Å². The Balaban J connectivity index is 1.73. The van der Waals surface area contributed by atoms with Gasteiger partial charge in [-0.25, -0.2) is 9.97 Å². The monoisotopic (exact) mass is 340 g/mol. The van der Waals surface area contributed by atoms with Crippen molar-refractivity contribution in [1.29, 1.82) is 0 Å². The molecule has 0 radical (unpaired) electrons. The lowest BCUT2D eigenvalue weighted by molar-refractivity contribution is 0.292. The van der Waals surface area contributed by atoms with Crippen LogP contribution in [0.2, 0.25) is 0 Å². The molecule has 0 N–H and O–H groups in total. The van der Waals surface area contributed by atoms with E-state index in [1.54, 1.807) is 12.4 Å². The van der Waals surface area contributed by atoms with Crippen LogP contribution in [-0.4, -0.2) is 37.3 Å². The van der Waals surface area contributed by atoms with E-state index < -0.39 is 0 Å². The highest BCUT2D eigenvalue weighted by Gasteiger charge is 2.42. The molecule has 1 saturated heterocycles. The molecule has 2 aliphatic rings. The van der Waals surface area contributed by atoms with Crippen molar-refractivity contribution in [3.8, 4) is 11.6 Å². The van der Waals surface area contributed by atoms with E-state index in [0.29, 0.717) is 17.8 Å². The van der Waals surface area contributed by atoms with Crippen molar-refractivity contribution in [2.45, 2.75) is 59.0 Å². The van der Waals surface area contributed by atoms with Gasteiger partial charge in [0, 0.05) is 31.5 Å². The van der Waals surface area contributed by atoms with Crippen LogP contribution in [0.15, 0.2) is 18.5 Å². The summed E-state index contributed by atoms with van der Waals surface area (Å²) in [6, 6.07) is 2.45. The molecule has 134 valence electrons. The summed E-state index contributed by atoms with van der Waals surface area (Å²) in [5, 5.41) is 9.10. The van der Waals surface area contributed by atoms with Crippen molar-refractivity contribution in [1.82, 2.24) is 24.7 Å². The minimum atomic E-state index is 0.513. The maximum Gasteiger partial charge on any atom is 0.227 e. The van der Waals surface area contributed by atoms with Gasteiger partial charge in [0.25, 0.3) is 0 Å². The third-order valence-electron chi connectivity index (χ3n) is 5.70. The summed E-state index contributed by atoms with van der Waals surface area (Å²) >= 11 is 0. The molecule has 0 aromatic carbocycles. The standard InChI is InChI=1S/C19H28N6/c1-13(2)11-25-18(17-20-9-6-10-21-17)22-23-19(25)24-12-14(3)15-7-4-5-8-16(15)24/h6,9-10,13-16H,4-5,7-8,11-12H2,1-3H3. The molecule has 25 heavy (non-hydrogen) atoms. The maximum atomic E-state index is 4.61. The summed E-state index contributed by atoms with van der Waals surface area (Å²) in [4.78, 5) is 11.3. The molecule has 6 heteroatoms. The van der Waals surface area contributed by atoms with E-state index >= 15 is 0 Å². The number of rotatable bonds is 4. The zero-order valence-corrected chi connectivity index (χ0v) is 15.5. The van der Waals surface area contributed by atoms with E-state index in [4.69, 9.17) is 0 Å². The fourth-order valence-electron chi connectivity index (χ4n) is 4.62. The number of anilines is 1. The van der Waals surface area contributed by atoms with E-state index in [0.717, 1.165) is 36.7 Å². The Morgan fingerprint density at radius 3 is 2.64 bits per heavy atom. The summed E-state index contributed by atoms with van der Waals surface area (Å²) < 4.78 is 2.24. The van der Waals surface area contributed by atoms with Crippen LogP contribution < -0.4 is 4.90 Å². The molecule has 3 atom stereocenters. The van der Waals surface area contributed by atoms with E-state index in [2.05, 4.69) is 50.4 Å². The summed E-state index contributed by atoms with van der Waals surface area (Å²) in [5.41, 5.74) is 0. The predicted octanol–water partition coefficient (Wildman–Crippen LogP) is 3.41. The molecule has 3 unspecified atom stereocenters. The number of hydrogen-bond acceptors (Lipinski definition) is 5. The Morgan fingerprint density at radius 1 is 1.12 bits per heavy atom. The van der Waals surface area contributed by atoms with Gasteiger partial charge in [0.15, 0.2) is 5.82 Å². The molecule has 0 spiro atoms. The largest absolute Gasteiger partial charge is 0.337 e. The Bertz CT molecular complexity index is 710. The number of aromatic nitrogens is 5. The molecule has 0 amide bonds. The highest BCUT2D eigenvalue weighted by Crippen LogP contribution is 2.42. The van der Waals surface area contributed by atoms with Gasteiger partial charge in [-0.05, 0) is 36.7 Å². The smallest absolute Gasteiger partial charge is 0.227 e. The van der Waals surface area contributed by atoms with Crippen LogP contribution in [0.3, 0.4) is 0 Å². The zero-order chi connectivity index (χ0) is 17.4. The summed E-state index contributed by atoms with van der Waals surface area (Å²) in [5.74, 6) is 4.50. The quantitative estimate of drug-likeness (QED) is 0.853. The second-order valence-corrected chi connectivity index (χ2v) is 8.05. The lowest BCUT2D eigenvalue weighted by Crippen LogP contribution is -2.36. The van der Waals surface area contributed by atoms with Gasteiger partial charge in [-0.1, -0.05) is 33.6 Å². The fourth-order valence-corrected chi connectivity index (χ4v) is 4.62. The van der Waals surface area contributed by atoms with Crippen LogP contribution >= 0.6 is 0 Å². The Hall–Kier alpha value is -1.98. The molecule has 6 nitrogen and oxygen atoms in total. The van der Waals surface area contributed by atoms with Gasteiger partial charge in [0.1, 0.15) is 0 Å². The Labute approximate surface area is 149 Å². The third-order valence-corrected chi connectivity index (χ3v) is 5.70. The fraction of sp³-hybridized carbons (Fsp3) is 0.684. The minimum absolute atomic E-state index is 0.513. The summed E-state index contributed by atoms with van der Waals surface area (Å²) in [7, 11) is 0. The SMILES string of the molecule is CC(C)Cn1c(-c2ncccn2)nnc1N1CC(C)C2CCCCC21. The van der Waals surface area contributed by atoms with Crippen LogP contribution in [0.25, 0.3) is 11.6 Å². The normalized spacial score (nSPS) is 26.2. The van der Waals surface area contributed by atoms with Crippen molar-refractivity contribution in [3.63, 3.8) is 0 Å². The van der Waals surface area contributed by atoms with E-state index in [1.807, 2.05) is 6.07 Å². The molecule has 4 rings (SSSR count). The van der Waals surface area contributed by atoms with Crippen LogP contribution in [0, 0.1) is 17.8 Å². The molecule has 3 heterocycles. The first kappa shape index (κ1) is 16.5. The number of fused-ring (bicyclic) bond motifs is 1. The van der Waals surface area contributed by atoms with Gasteiger partial charge >= 0.3 is 0 Å². The van der Waals surface area contributed by atoms with E-state index in [9.17, 15) is 0 Å². The Kier molecular flexibility index (Phi) is 4.44. The van der Waals surface area contributed by atoms with E-state index in [-0.39, 0.29) is 0 Å². The average Bonchev–Trinajstić information content (AvgIpc) is 3.17. The molecule has 1 saturated carbocycles. The zero-order valence-electron chi connectivity index (χ0n) is 15.5. The lowest BCUT2D eigenvalue weighted by Gasteiger charge is -2.32. The topological polar surface area (TPSA) is 59.7 Å². The number of hydrogen-bond donors (Lipinski definition) is 0. The molecule has 1 aliphatic carbocycles. The predicted molar refractivity (Wildman–Crippen MR) is 98.1 cm³/mol. The molecule has 2 fully saturated rings. The van der Waals surface area contributed by atoms with Gasteiger partial charge in [-0.3, -0.25) is 4.57 Å². The second kappa shape index (κ2) is 6.73. The van der Waals surface area contributed by atoms with Crippen molar-refractivity contribution in [2.75, 3.05) is 11.4 Å².